The summed E-state index contributed by atoms with van der Waals surface area (Å²) in [6, 6.07) is 6.84. The molecule has 1 saturated heterocycles. The van der Waals surface area contributed by atoms with Crippen LogP contribution in [0.5, 0.6) is 0 Å². The Morgan fingerprint density at radius 1 is 1.50 bits per heavy atom. The largest absolute Gasteiger partial charge is 0.366 e. The van der Waals surface area contributed by atoms with Gasteiger partial charge in [0.05, 0.1) is 22.5 Å². The smallest absolute Gasteiger partial charge is 0.270 e. The van der Waals surface area contributed by atoms with Crippen molar-refractivity contribution in [2.75, 3.05) is 11.4 Å². The Morgan fingerprint density at radius 3 is 3.05 bits per heavy atom. The third kappa shape index (κ3) is 2.63. The summed E-state index contributed by atoms with van der Waals surface area (Å²) in [6.45, 7) is 1.65. The van der Waals surface area contributed by atoms with E-state index in [0.717, 1.165) is 31.6 Å². The number of nitrogens with zero attached hydrogens (tertiary/aromatic N) is 5. The minimum absolute atomic E-state index is 0.0503. The standard InChI is InChI=1S/C15H15N5O2/c16-9-12-8-13(20(21)22)3-4-15(12)19-6-1-2-14(19)10-18-7-5-17-11-18/h3-5,7-8,11,14H,1-2,6,10H2. The third-order valence-electron chi connectivity index (χ3n) is 3.98. The van der Waals surface area contributed by atoms with Gasteiger partial charge in [0, 0.05) is 43.7 Å². The van der Waals surface area contributed by atoms with Crippen LogP contribution in [0.25, 0.3) is 0 Å². The SMILES string of the molecule is N#Cc1cc([N+](=O)[O-])ccc1N1CCCC1Cn1ccnc1. The van der Waals surface area contributed by atoms with Gasteiger partial charge in [-0.1, -0.05) is 0 Å². The quantitative estimate of drug-likeness (QED) is 0.638. The molecule has 0 saturated carbocycles. The van der Waals surface area contributed by atoms with Crippen LogP contribution in [0.15, 0.2) is 36.9 Å². The summed E-state index contributed by atoms with van der Waals surface area (Å²) >= 11 is 0. The maximum Gasteiger partial charge on any atom is 0.270 e. The van der Waals surface area contributed by atoms with Crippen molar-refractivity contribution in [1.82, 2.24) is 9.55 Å². The van der Waals surface area contributed by atoms with Crippen molar-refractivity contribution < 1.29 is 4.92 Å². The first kappa shape index (κ1) is 14.1. The molecule has 3 rings (SSSR count). The van der Waals surface area contributed by atoms with Crippen molar-refractivity contribution in [3.05, 3.63) is 52.6 Å². The van der Waals surface area contributed by atoms with Gasteiger partial charge >= 0.3 is 0 Å². The van der Waals surface area contributed by atoms with Crippen molar-refractivity contribution in [2.45, 2.75) is 25.4 Å². The van der Waals surface area contributed by atoms with Crippen LogP contribution in [0.2, 0.25) is 0 Å². The van der Waals surface area contributed by atoms with Crippen molar-refractivity contribution in [2.24, 2.45) is 0 Å². The molecule has 7 heteroatoms. The molecule has 0 amide bonds. The number of hydrogen-bond donors (Lipinski definition) is 0. The fourth-order valence-electron chi connectivity index (χ4n) is 2.96. The van der Waals surface area contributed by atoms with E-state index in [0.29, 0.717) is 5.56 Å². The zero-order valence-corrected chi connectivity index (χ0v) is 11.9. The van der Waals surface area contributed by atoms with E-state index in [-0.39, 0.29) is 11.7 Å². The number of nitriles is 1. The summed E-state index contributed by atoms with van der Waals surface area (Å²) in [5, 5.41) is 20.2. The molecule has 22 heavy (non-hydrogen) atoms. The van der Waals surface area contributed by atoms with Crippen LogP contribution >= 0.6 is 0 Å². The van der Waals surface area contributed by atoms with Gasteiger partial charge in [-0.3, -0.25) is 10.1 Å². The van der Waals surface area contributed by atoms with Crippen molar-refractivity contribution in [3.8, 4) is 6.07 Å². The van der Waals surface area contributed by atoms with Crippen molar-refractivity contribution >= 4 is 11.4 Å². The van der Waals surface area contributed by atoms with Crippen LogP contribution in [-0.4, -0.2) is 27.1 Å². The number of nitro benzene ring substituents is 1. The molecule has 1 aliphatic heterocycles. The van der Waals surface area contributed by atoms with Crippen LogP contribution in [0, 0.1) is 21.4 Å². The van der Waals surface area contributed by atoms with E-state index in [1.807, 2.05) is 10.8 Å². The molecule has 1 fully saturated rings. The molecule has 1 aliphatic rings. The minimum Gasteiger partial charge on any atom is -0.366 e. The fourth-order valence-corrected chi connectivity index (χ4v) is 2.96. The zero-order chi connectivity index (χ0) is 15.5. The fraction of sp³-hybridized carbons (Fsp3) is 0.333. The molecular weight excluding hydrogens is 282 g/mol. The topological polar surface area (TPSA) is 88.0 Å². The van der Waals surface area contributed by atoms with Crippen LogP contribution in [0.4, 0.5) is 11.4 Å². The van der Waals surface area contributed by atoms with Crippen molar-refractivity contribution in [1.29, 1.82) is 5.26 Å². The number of anilines is 1. The molecule has 1 atom stereocenters. The van der Waals surface area contributed by atoms with Gasteiger partial charge in [0.25, 0.3) is 5.69 Å². The van der Waals surface area contributed by atoms with Gasteiger partial charge in [-0.05, 0) is 18.9 Å². The number of hydrogen-bond acceptors (Lipinski definition) is 5. The molecule has 1 unspecified atom stereocenters. The highest BCUT2D eigenvalue weighted by molar-refractivity contribution is 5.63. The Bertz CT molecular complexity index is 720. The molecule has 7 nitrogen and oxygen atoms in total. The van der Waals surface area contributed by atoms with Gasteiger partial charge in [-0.25, -0.2) is 4.98 Å². The van der Waals surface area contributed by atoms with Gasteiger partial charge in [-0.2, -0.15) is 5.26 Å². The summed E-state index contributed by atoms with van der Waals surface area (Å²) < 4.78 is 2.01. The molecule has 2 aromatic rings. The highest BCUT2D eigenvalue weighted by atomic mass is 16.6. The second-order valence-corrected chi connectivity index (χ2v) is 5.32. The van der Waals surface area contributed by atoms with Gasteiger partial charge in [0.1, 0.15) is 6.07 Å². The lowest BCUT2D eigenvalue weighted by molar-refractivity contribution is -0.384. The summed E-state index contributed by atoms with van der Waals surface area (Å²) in [5.41, 5.74) is 1.08. The Hall–Kier alpha value is -2.88. The molecule has 1 aromatic heterocycles. The predicted molar refractivity (Wildman–Crippen MR) is 80.4 cm³/mol. The monoisotopic (exact) mass is 297 g/mol. The molecule has 0 radical (unpaired) electrons. The predicted octanol–water partition coefficient (Wildman–Crippen LogP) is 2.33. The molecule has 2 heterocycles. The summed E-state index contributed by atoms with van der Waals surface area (Å²) in [7, 11) is 0. The van der Waals surface area contributed by atoms with E-state index in [2.05, 4.69) is 16.0 Å². The number of benzene rings is 1. The Labute approximate surface area is 127 Å². The first-order chi connectivity index (χ1) is 10.7. The summed E-state index contributed by atoms with van der Waals surface area (Å²) in [5.74, 6) is 0. The number of imidazole rings is 1. The summed E-state index contributed by atoms with van der Waals surface area (Å²) in [4.78, 5) is 16.6. The second-order valence-electron chi connectivity index (χ2n) is 5.32. The molecule has 0 spiro atoms. The van der Waals surface area contributed by atoms with Crippen LogP contribution in [-0.2, 0) is 6.54 Å². The Morgan fingerprint density at radius 2 is 2.36 bits per heavy atom. The number of nitro groups is 1. The van der Waals surface area contributed by atoms with Gasteiger partial charge in [-0.15, -0.1) is 0 Å². The lowest BCUT2D eigenvalue weighted by Gasteiger charge is -2.27. The normalized spacial score (nSPS) is 17.4. The molecule has 0 aliphatic carbocycles. The van der Waals surface area contributed by atoms with E-state index >= 15 is 0 Å². The van der Waals surface area contributed by atoms with Crippen LogP contribution in [0.1, 0.15) is 18.4 Å². The summed E-state index contributed by atoms with van der Waals surface area (Å²) in [6.07, 6.45) is 7.50. The molecule has 0 N–H and O–H groups in total. The maximum atomic E-state index is 10.8. The van der Waals surface area contributed by atoms with Gasteiger partial charge in [0.15, 0.2) is 0 Å². The van der Waals surface area contributed by atoms with Crippen LogP contribution in [0.3, 0.4) is 0 Å². The average Bonchev–Trinajstić information content (AvgIpc) is 3.18. The first-order valence-corrected chi connectivity index (χ1v) is 7.10. The van der Waals surface area contributed by atoms with E-state index < -0.39 is 4.92 Å². The molecular formula is C15H15N5O2. The minimum atomic E-state index is -0.475. The first-order valence-electron chi connectivity index (χ1n) is 7.10. The lowest BCUT2D eigenvalue weighted by Crippen LogP contribution is -2.33. The highest BCUT2D eigenvalue weighted by Crippen LogP contribution is 2.31. The van der Waals surface area contributed by atoms with E-state index in [1.165, 1.54) is 12.1 Å². The van der Waals surface area contributed by atoms with Crippen molar-refractivity contribution in [3.63, 3.8) is 0 Å². The number of rotatable bonds is 4. The van der Waals surface area contributed by atoms with E-state index in [9.17, 15) is 15.4 Å². The number of non-ortho nitro benzene ring substituents is 1. The maximum absolute atomic E-state index is 10.8. The number of aromatic nitrogens is 2. The van der Waals surface area contributed by atoms with E-state index in [4.69, 9.17) is 0 Å². The lowest BCUT2D eigenvalue weighted by atomic mass is 10.1. The molecule has 112 valence electrons. The zero-order valence-electron chi connectivity index (χ0n) is 11.9. The Kier molecular flexibility index (Phi) is 3.74. The highest BCUT2D eigenvalue weighted by Gasteiger charge is 2.27. The van der Waals surface area contributed by atoms with Gasteiger partial charge < -0.3 is 9.47 Å². The second kappa shape index (κ2) is 5.85. The van der Waals surface area contributed by atoms with Crippen LogP contribution < -0.4 is 4.90 Å². The molecule has 0 bridgehead atoms. The van der Waals surface area contributed by atoms with Gasteiger partial charge in [0.2, 0.25) is 0 Å². The molecule has 1 aromatic carbocycles. The average molecular weight is 297 g/mol. The Balaban J connectivity index is 1.89. The third-order valence-corrected chi connectivity index (χ3v) is 3.98. The van der Waals surface area contributed by atoms with E-state index in [1.54, 1.807) is 18.6 Å².